The summed E-state index contributed by atoms with van der Waals surface area (Å²) in [7, 11) is 0. The first-order valence-electron chi connectivity index (χ1n) is 8.74. The van der Waals surface area contributed by atoms with Gasteiger partial charge in [0.05, 0.1) is 6.10 Å². The van der Waals surface area contributed by atoms with Crippen LogP contribution in [0.3, 0.4) is 0 Å². The van der Waals surface area contributed by atoms with Crippen LogP contribution < -0.4 is 10.1 Å². The zero-order chi connectivity index (χ0) is 14.7. The molecule has 0 aliphatic heterocycles. The van der Waals surface area contributed by atoms with Crippen molar-refractivity contribution in [1.29, 1.82) is 0 Å². The molecule has 2 nitrogen and oxygen atoms in total. The fraction of sp³-hybridized carbons (Fsp3) is 0.684. The van der Waals surface area contributed by atoms with Gasteiger partial charge in [-0.2, -0.15) is 0 Å². The molecule has 0 amide bonds. The van der Waals surface area contributed by atoms with Crippen LogP contribution in [0.15, 0.2) is 18.2 Å². The van der Waals surface area contributed by atoms with Crippen LogP contribution in [0.1, 0.15) is 63.0 Å². The van der Waals surface area contributed by atoms with Crippen LogP contribution in [-0.4, -0.2) is 12.1 Å². The molecule has 2 aliphatic carbocycles. The van der Waals surface area contributed by atoms with Gasteiger partial charge >= 0.3 is 0 Å². The highest BCUT2D eigenvalue weighted by Gasteiger charge is 2.24. The van der Waals surface area contributed by atoms with Gasteiger partial charge in [-0.25, -0.2) is 0 Å². The summed E-state index contributed by atoms with van der Waals surface area (Å²) in [4.78, 5) is 0. The average molecular weight is 287 g/mol. The van der Waals surface area contributed by atoms with Crippen LogP contribution in [0.2, 0.25) is 0 Å². The summed E-state index contributed by atoms with van der Waals surface area (Å²) >= 11 is 0. The summed E-state index contributed by atoms with van der Waals surface area (Å²) in [5.74, 6) is 2.07. The molecular formula is C19H29NO. The molecule has 2 heteroatoms. The Labute approximate surface area is 129 Å². The van der Waals surface area contributed by atoms with E-state index in [2.05, 4.69) is 37.4 Å². The highest BCUT2D eigenvalue weighted by atomic mass is 16.5. The van der Waals surface area contributed by atoms with Gasteiger partial charge < -0.3 is 10.1 Å². The monoisotopic (exact) mass is 287 g/mol. The van der Waals surface area contributed by atoms with Gasteiger partial charge in [-0.05, 0) is 56.9 Å². The smallest absolute Gasteiger partial charge is 0.127 e. The van der Waals surface area contributed by atoms with E-state index in [1.807, 2.05) is 0 Å². The van der Waals surface area contributed by atoms with Crippen molar-refractivity contribution < 1.29 is 4.74 Å². The van der Waals surface area contributed by atoms with E-state index < -0.39 is 0 Å². The molecule has 0 spiro atoms. The number of para-hydroxylation sites is 1. The zero-order valence-electron chi connectivity index (χ0n) is 13.5. The van der Waals surface area contributed by atoms with Crippen LogP contribution in [0.25, 0.3) is 0 Å². The van der Waals surface area contributed by atoms with Gasteiger partial charge in [-0.3, -0.25) is 0 Å². The maximum atomic E-state index is 6.42. The summed E-state index contributed by atoms with van der Waals surface area (Å²) in [5, 5.41) is 3.61. The maximum Gasteiger partial charge on any atom is 0.127 e. The fourth-order valence-corrected chi connectivity index (χ4v) is 3.39. The van der Waals surface area contributed by atoms with Crippen LogP contribution in [0, 0.1) is 12.8 Å². The number of rotatable bonds is 6. The number of nitrogens with one attached hydrogen (secondary N) is 1. The van der Waals surface area contributed by atoms with Gasteiger partial charge in [-0.1, -0.05) is 31.5 Å². The normalized spacial score (nSPS) is 25.8. The van der Waals surface area contributed by atoms with E-state index in [1.165, 1.54) is 56.1 Å². The lowest BCUT2D eigenvalue weighted by molar-refractivity contribution is 0.128. The second-order valence-electron chi connectivity index (χ2n) is 6.89. The standard InChI is InChI=1S/C19H29NO/c1-3-15-7-11-18(12-8-15)21-19-14(2)5-4-6-16(19)13-20-17-9-10-17/h4-6,15,17-18,20H,3,7-13H2,1-2H3. The lowest BCUT2D eigenvalue weighted by Crippen LogP contribution is -2.25. The van der Waals surface area contributed by atoms with Gasteiger partial charge in [0.2, 0.25) is 0 Å². The minimum absolute atomic E-state index is 0.425. The Morgan fingerprint density at radius 1 is 1.10 bits per heavy atom. The molecule has 1 N–H and O–H groups in total. The topological polar surface area (TPSA) is 21.3 Å². The van der Waals surface area contributed by atoms with Crippen molar-refractivity contribution in [2.24, 2.45) is 5.92 Å². The third-order valence-electron chi connectivity index (χ3n) is 5.11. The molecule has 0 unspecified atom stereocenters. The van der Waals surface area contributed by atoms with Crippen molar-refractivity contribution in [3.63, 3.8) is 0 Å². The number of hydrogen-bond acceptors (Lipinski definition) is 2. The molecule has 21 heavy (non-hydrogen) atoms. The average Bonchev–Trinajstić information content (AvgIpc) is 3.33. The minimum atomic E-state index is 0.425. The van der Waals surface area contributed by atoms with Crippen molar-refractivity contribution in [3.05, 3.63) is 29.3 Å². The Balaban J connectivity index is 1.63. The van der Waals surface area contributed by atoms with Crippen molar-refractivity contribution in [2.45, 2.75) is 77.5 Å². The molecule has 0 heterocycles. The highest BCUT2D eigenvalue weighted by molar-refractivity contribution is 5.41. The lowest BCUT2D eigenvalue weighted by atomic mass is 9.86. The van der Waals surface area contributed by atoms with Crippen LogP contribution in [0.4, 0.5) is 0 Å². The summed E-state index contributed by atoms with van der Waals surface area (Å²) in [5.41, 5.74) is 2.61. The molecule has 116 valence electrons. The molecule has 1 aromatic carbocycles. The van der Waals surface area contributed by atoms with Gasteiger partial charge in [0.1, 0.15) is 5.75 Å². The number of hydrogen-bond donors (Lipinski definition) is 1. The van der Waals surface area contributed by atoms with Crippen molar-refractivity contribution in [1.82, 2.24) is 5.32 Å². The summed E-state index contributed by atoms with van der Waals surface area (Å²) in [6.45, 7) is 5.44. The van der Waals surface area contributed by atoms with E-state index in [4.69, 9.17) is 4.74 Å². The molecule has 0 bridgehead atoms. The second kappa shape index (κ2) is 6.83. The van der Waals surface area contributed by atoms with Crippen molar-refractivity contribution in [3.8, 4) is 5.75 Å². The van der Waals surface area contributed by atoms with E-state index in [9.17, 15) is 0 Å². The third kappa shape index (κ3) is 4.00. The van der Waals surface area contributed by atoms with Crippen molar-refractivity contribution in [2.75, 3.05) is 0 Å². The molecule has 2 aliphatic rings. The third-order valence-corrected chi connectivity index (χ3v) is 5.11. The summed E-state index contributed by atoms with van der Waals surface area (Å²) < 4.78 is 6.42. The van der Waals surface area contributed by atoms with E-state index in [0.29, 0.717) is 6.10 Å². The SMILES string of the molecule is CCC1CCC(Oc2c(C)cccc2CNC2CC2)CC1. The summed E-state index contributed by atoms with van der Waals surface area (Å²) in [6, 6.07) is 7.29. The van der Waals surface area contributed by atoms with Gasteiger partial charge in [0.25, 0.3) is 0 Å². The number of aryl methyl sites for hydroxylation is 1. The predicted octanol–water partition coefficient (Wildman–Crippen LogP) is 4.59. The molecule has 2 fully saturated rings. The lowest BCUT2D eigenvalue weighted by Gasteiger charge is -2.29. The Bertz CT molecular complexity index is 459. The van der Waals surface area contributed by atoms with Gasteiger partial charge in [0.15, 0.2) is 0 Å². The fourth-order valence-electron chi connectivity index (χ4n) is 3.39. The zero-order valence-corrected chi connectivity index (χ0v) is 13.5. The first-order chi connectivity index (χ1) is 10.3. The van der Waals surface area contributed by atoms with Gasteiger partial charge in [-0.15, -0.1) is 0 Å². The highest BCUT2D eigenvalue weighted by Crippen LogP contribution is 2.32. The van der Waals surface area contributed by atoms with Crippen LogP contribution in [0.5, 0.6) is 5.75 Å². The molecule has 0 atom stereocenters. The van der Waals surface area contributed by atoms with Crippen molar-refractivity contribution >= 4 is 0 Å². The number of benzene rings is 1. The first kappa shape index (κ1) is 14.9. The van der Waals surface area contributed by atoms with E-state index >= 15 is 0 Å². The maximum absolute atomic E-state index is 6.42. The minimum Gasteiger partial charge on any atom is -0.490 e. The largest absolute Gasteiger partial charge is 0.490 e. The Kier molecular flexibility index (Phi) is 4.84. The first-order valence-corrected chi connectivity index (χ1v) is 8.74. The molecular weight excluding hydrogens is 258 g/mol. The summed E-state index contributed by atoms with van der Waals surface area (Å²) in [6.07, 6.45) is 9.55. The van der Waals surface area contributed by atoms with E-state index in [-0.39, 0.29) is 0 Å². The predicted molar refractivity (Wildman–Crippen MR) is 87.7 cm³/mol. The molecule has 3 rings (SSSR count). The Hall–Kier alpha value is -1.02. The van der Waals surface area contributed by atoms with Crippen LogP contribution >= 0.6 is 0 Å². The Morgan fingerprint density at radius 2 is 1.86 bits per heavy atom. The molecule has 0 radical (unpaired) electrons. The Morgan fingerprint density at radius 3 is 2.52 bits per heavy atom. The van der Waals surface area contributed by atoms with Gasteiger partial charge in [0, 0.05) is 18.2 Å². The molecule has 0 aromatic heterocycles. The number of ether oxygens (including phenoxy) is 1. The van der Waals surface area contributed by atoms with E-state index in [1.54, 1.807) is 0 Å². The van der Waals surface area contributed by atoms with E-state index in [0.717, 1.165) is 24.3 Å². The van der Waals surface area contributed by atoms with Crippen LogP contribution in [-0.2, 0) is 6.54 Å². The molecule has 1 aromatic rings. The molecule has 2 saturated carbocycles. The molecule has 0 saturated heterocycles. The second-order valence-corrected chi connectivity index (χ2v) is 6.89. The quantitative estimate of drug-likeness (QED) is 0.826.